The Labute approximate surface area is 113 Å². The van der Waals surface area contributed by atoms with Crippen molar-refractivity contribution >= 4 is 16.7 Å². The Kier molecular flexibility index (Phi) is 2.92. The first-order chi connectivity index (χ1) is 9.65. The third-order valence-corrected chi connectivity index (χ3v) is 3.06. The number of aromatic nitrogens is 2. The number of nitrogens with zero attached hydrogens (tertiary/aromatic N) is 2. The van der Waals surface area contributed by atoms with E-state index in [9.17, 15) is 15.2 Å². The Hall–Kier alpha value is -2.73. The molecule has 100 valence electrons. The van der Waals surface area contributed by atoms with Gasteiger partial charge in [-0.1, -0.05) is 24.3 Å². The summed E-state index contributed by atoms with van der Waals surface area (Å²) in [5, 5.41) is 21.0. The molecule has 6 heteroatoms. The lowest BCUT2D eigenvalue weighted by atomic mass is 10.1. The van der Waals surface area contributed by atoms with Gasteiger partial charge in [0.25, 0.3) is 5.69 Å². The third-order valence-electron chi connectivity index (χ3n) is 3.06. The molecule has 0 bridgehead atoms. The zero-order valence-corrected chi connectivity index (χ0v) is 10.4. The summed E-state index contributed by atoms with van der Waals surface area (Å²) in [6.45, 7) is 0. The summed E-state index contributed by atoms with van der Waals surface area (Å²) in [6.07, 6.45) is -1.03. The zero-order valence-electron chi connectivity index (χ0n) is 10.4. The lowest BCUT2D eigenvalue weighted by Crippen LogP contribution is -2.02. The minimum atomic E-state index is -1.03. The molecule has 0 amide bonds. The van der Waals surface area contributed by atoms with E-state index in [1.54, 1.807) is 12.1 Å². The highest BCUT2D eigenvalue weighted by atomic mass is 16.6. The molecular formula is C14H11N3O3. The van der Waals surface area contributed by atoms with Crippen LogP contribution in [-0.2, 0) is 0 Å². The highest BCUT2D eigenvalue weighted by Crippen LogP contribution is 2.24. The van der Waals surface area contributed by atoms with Gasteiger partial charge in [-0.25, -0.2) is 4.98 Å². The molecule has 0 aliphatic rings. The van der Waals surface area contributed by atoms with Crippen molar-refractivity contribution < 1.29 is 10.0 Å². The van der Waals surface area contributed by atoms with E-state index >= 15 is 0 Å². The number of nitro groups is 1. The van der Waals surface area contributed by atoms with Gasteiger partial charge in [0.2, 0.25) is 0 Å². The average Bonchev–Trinajstić information content (AvgIpc) is 2.90. The SMILES string of the molecule is O=[N+]([O-])c1cccc([C@H](O)c2nc3ccccc3[nH]2)c1. The Morgan fingerprint density at radius 2 is 2.00 bits per heavy atom. The Bertz CT molecular complexity index is 749. The lowest BCUT2D eigenvalue weighted by Gasteiger charge is -2.07. The van der Waals surface area contributed by atoms with Crippen molar-refractivity contribution in [2.45, 2.75) is 6.10 Å². The van der Waals surface area contributed by atoms with Crippen LogP contribution >= 0.6 is 0 Å². The Balaban J connectivity index is 2.01. The van der Waals surface area contributed by atoms with Crippen molar-refractivity contribution in [3.05, 3.63) is 70.0 Å². The topological polar surface area (TPSA) is 92.1 Å². The Morgan fingerprint density at radius 1 is 1.20 bits per heavy atom. The van der Waals surface area contributed by atoms with Crippen LogP contribution in [0.3, 0.4) is 0 Å². The van der Waals surface area contributed by atoms with Crippen molar-refractivity contribution in [3.63, 3.8) is 0 Å². The van der Waals surface area contributed by atoms with Crippen LogP contribution in [0, 0.1) is 10.1 Å². The number of non-ortho nitro benzene ring substituents is 1. The largest absolute Gasteiger partial charge is 0.380 e. The summed E-state index contributed by atoms with van der Waals surface area (Å²) in [6, 6.07) is 13.3. The first kappa shape index (κ1) is 12.3. The highest BCUT2D eigenvalue weighted by Gasteiger charge is 2.17. The summed E-state index contributed by atoms with van der Waals surface area (Å²) >= 11 is 0. The fraction of sp³-hybridized carbons (Fsp3) is 0.0714. The van der Waals surface area contributed by atoms with E-state index < -0.39 is 11.0 Å². The molecule has 0 spiro atoms. The maximum atomic E-state index is 10.8. The van der Waals surface area contributed by atoms with Crippen LogP contribution in [0.2, 0.25) is 0 Å². The van der Waals surface area contributed by atoms with Gasteiger partial charge in [-0.2, -0.15) is 0 Å². The predicted octanol–water partition coefficient (Wildman–Crippen LogP) is 2.55. The minimum absolute atomic E-state index is 0.0577. The van der Waals surface area contributed by atoms with Crippen LogP contribution in [-0.4, -0.2) is 20.0 Å². The normalized spacial score (nSPS) is 12.4. The van der Waals surface area contributed by atoms with Gasteiger partial charge in [0.05, 0.1) is 16.0 Å². The van der Waals surface area contributed by atoms with Crippen molar-refractivity contribution in [3.8, 4) is 0 Å². The monoisotopic (exact) mass is 269 g/mol. The van der Waals surface area contributed by atoms with Crippen molar-refractivity contribution in [2.24, 2.45) is 0 Å². The Morgan fingerprint density at radius 3 is 2.75 bits per heavy atom. The van der Waals surface area contributed by atoms with Gasteiger partial charge in [0.15, 0.2) is 0 Å². The molecule has 1 atom stereocenters. The minimum Gasteiger partial charge on any atom is -0.380 e. The summed E-state index contributed by atoms with van der Waals surface area (Å²) < 4.78 is 0. The van der Waals surface area contributed by atoms with Gasteiger partial charge < -0.3 is 10.1 Å². The maximum absolute atomic E-state index is 10.8. The fourth-order valence-electron chi connectivity index (χ4n) is 2.07. The number of imidazole rings is 1. The van der Waals surface area contributed by atoms with Gasteiger partial charge in [0.1, 0.15) is 11.9 Å². The van der Waals surface area contributed by atoms with Gasteiger partial charge >= 0.3 is 0 Å². The number of aliphatic hydroxyl groups excluding tert-OH is 1. The number of benzene rings is 2. The molecule has 1 heterocycles. The third kappa shape index (κ3) is 2.12. The van der Waals surface area contributed by atoms with Crippen molar-refractivity contribution in [1.82, 2.24) is 9.97 Å². The van der Waals surface area contributed by atoms with Gasteiger partial charge in [-0.05, 0) is 17.7 Å². The second-order valence-electron chi connectivity index (χ2n) is 4.39. The molecule has 0 unspecified atom stereocenters. The maximum Gasteiger partial charge on any atom is 0.269 e. The van der Waals surface area contributed by atoms with E-state index in [1.807, 2.05) is 24.3 Å². The number of H-pyrrole nitrogens is 1. The molecule has 2 aromatic carbocycles. The van der Waals surface area contributed by atoms with Crippen LogP contribution in [0.1, 0.15) is 17.5 Å². The zero-order chi connectivity index (χ0) is 14.1. The summed E-state index contributed by atoms with van der Waals surface area (Å²) in [5.74, 6) is 0.367. The van der Waals surface area contributed by atoms with Crippen LogP contribution < -0.4 is 0 Å². The van der Waals surface area contributed by atoms with Crippen molar-refractivity contribution in [2.75, 3.05) is 0 Å². The summed E-state index contributed by atoms with van der Waals surface area (Å²) in [5.41, 5.74) is 1.93. The number of aromatic amines is 1. The van der Waals surface area contributed by atoms with Gasteiger partial charge in [-0.15, -0.1) is 0 Å². The second kappa shape index (κ2) is 4.75. The predicted molar refractivity (Wildman–Crippen MR) is 73.3 cm³/mol. The number of hydrogen-bond acceptors (Lipinski definition) is 4. The lowest BCUT2D eigenvalue weighted by molar-refractivity contribution is -0.385. The van der Waals surface area contributed by atoms with Crippen LogP contribution in [0.15, 0.2) is 48.5 Å². The molecule has 0 aliphatic heterocycles. The van der Waals surface area contributed by atoms with Crippen LogP contribution in [0.5, 0.6) is 0 Å². The average molecular weight is 269 g/mol. The number of fused-ring (bicyclic) bond motifs is 1. The standard InChI is InChI=1S/C14H11N3O3/c18-13(9-4-3-5-10(8-9)17(19)20)14-15-11-6-1-2-7-12(11)16-14/h1-8,13,18H,(H,15,16)/t13-/m0/s1. The molecule has 3 rings (SSSR count). The van der Waals surface area contributed by atoms with E-state index in [0.717, 1.165) is 11.0 Å². The number of hydrogen-bond donors (Lipinski definition) is 2. The molecular weight excluding hydrogens is 258 g/mol. The molecule has 0 aliphatic carbocycles. The van der Waals surface area contributed by atoms with E-state index in [4.69, 9.17) is 0 Å². The van der Waals surface area contributed by atoms with Crippen molar-refractivity contribution in [1.29, 1.82) is 0 Å². The summed E-state index contributed by atoms with van der Waals surface area (Å²) in [7, 11) is 0. The van der Waals surface area contributed by atoms with Gasteiger partial charge in [0, 0.05) is 12.1 Å². The number of para-hydroxylation sites is 2. The molecule has 0 radical (unpaired) electrons. The highest BCUT2D eigenvalue weighted by molar-refractivity contribution is 5.74. The molecule has 0 saturated heterocycles. The van der Waals surface area contributed by atoms with E-state index in [2.05, 4.69) is 9.97 Å². The van der Waals surface area contributed by atoms with E-state index in [-0.39, 0.29) is 5.69 Å². The number of aliphatic hydroxyl groups is 1. The number of nitro benzene ring substituents is 1. The number of nitrogens with one attached hydrogen (secondary N) is 1. The number of rotatable bonds is 3. The first-order valence-electron chi connectivity index (χ1n) is 6.02. The quantitative estimate of drug-likeness (QED) is 0.564. The van der Waals surface area contributed by atoms with E-state index in [0.29, 0.717) is 11.4 Å². The molecule has 1 aromatic heterocycles. The molecule has 0 saturated carbocycles. The van der Waals surface area contributed by atoms with E-state index in [1.165, 1.54) is 12.1 Å². The summed E-state index contributed by atoms with van der Waals surface area (Å²) in [4.78, 5) is 17.6. The molecule has 3 aromatic rings. The fourth-order valence-corrected chi connectivity index (χ4v) is 2.07. The first-order valence-corrected chi connectivity index (χ1v) is 6.02. The molecule has 2 N–H and O–H groups in total. The second-order valence-corrected chi connectivity index (χ2v) is 4.39. The molecule has 6 nitrogen and oxygen atoms in total. The molecule has 20 heavy (non-hydrogen) atoms. The molecule has 0 fully saturated rings. The van der Waals surface area contributed by atoms with Crippen LogP contribution in [0.25, 0.3) is 11.0 Å². The van der Waals surface area contributed by atoms with Gasteiger partial charge in [-0.3, -0.25) is 10.1 Å². The van der Waals surface area contributed by atoms with Crippen LogP contribution in [0.4, 0.5) is 5.69 Å². The smallest absolute Gasteiger partial charge is 0.269 e.